The number of nitrogen functional groups attached to an aromatic ring is 1. The molecule has 0 aliphatic rings. The average molecular weight is 475 g/mol. The number of benzene rings is 1. The highest BCUT2D eigenvalue weighted by Crippen LogP contribution is 2.28. The second kappa shape index (κ2) is 12.9. The molecule has 0 bridgehead atoms. The van der Waals surface area contributed by atoms with Crippen molar-refractivity contribution >= 4 is 22.9 Å². The predicted molar refractivity (Wildman–Crippen MR) is 143 cm³/mol. The Morgan fingerprint density at radius 3 is 2.37 bits per heavy atom. The van der Waals surface area contributed by atoms with Gasteiger partial charge in [0.05, 0.1) is 6.26 Å². The molecular weight excluding hydrogens is 436 g/mol. The molecule has 4 aromatic rings. The normalized spacial score (nSPS) is 11.3. The number of hydrogen-bond acceptors (Lipinski definition) is 6. The molecule has 3 aromatic heterocycles. The Morgan fingerprint density at radius 1 is 0.857 bits per heavy atom. The van der Waals surface area contributed by atoms with Crippen LogP contribution in [0.15, 0.2) is 53.1 Å². The van der Waals surface area contributed by atoms with E-state index in [1.54, 1.807) is 6.26 Å². The first-order chi connectivity index (χ1) is 17.3. The zero-order valence-electron chi connectivity index (χ0n) is 20.9. The van der Waals surface area contributed by atoms with E-state index in [0.29, 0.717) is 17.3 Å². The average Bonchev–Trinajstić information content (AvgIpc) is 3.53. The quantitative estimate of drug-likeness (QED) is 0.183. The highest BCUT2D eigenvalue weighted by molar-refractivity contribution is 5.86. The van der Waals surface area contributed by atoms with Crippen molar-refractivity contribution in [1.82, 2.24) is 19.5 Å². The maximum atomic E-state index is 6.32. The van der Waals surface area contributed by atoms with Crippen LogP contribution in [-0.2, 0) is 13.0 Å². The second-order valence-corrected chi connectivity index (χ2v) is 9.16. The van der Waals surface area contributed by atoms with Gasteiger partial charge in [-0.05, 0) is 37.0 Å². The molecule has 0 fully saturated rings. The van der Waals surface area contributed by atoms with Crippen LogP contribution in [0.3, 0.4) is 0 Å². The number of unbranched alkanes of at least 4 members (excludes halogenated alkanes) is 7. The fourth-order valence-corrected chi connectivity index (χ4v) is 4.45. The maximum Gasteiger partial charge on any atom is 0.226 e. The fourth-order valence-electron chi connectivity index (χ4n) is 4.45. The molecule has 0 saturated heterocycles. The molecule has 3 heterocycles. The number of rotatable bonds is 15. The first-order valence-electron chi connectivity index (χ1n) is 13.1. The van der Waals surface area contributed by atoms with Crippen molar-refractivity contribution in [1.29, 1.82) is 0 Å². The fraction of sp³-hybridized carbons (Fsp3) is 0.464. The van der Waals surface area contributed by atoms with Crippen LogP contribution < -0.4 is 11.1 Å². The predicted octanol–water partition coefficient (Wildman–Crippen LogP) is 6.85. The Balaban J connectivity index is 1.43. The summed E-state index contributed by atoms with van der Waals surface area (Å²) in [6, 6.07) is 14.3. The molecular formula is C28H38N6O. The number of hydrogen-bond donors (Lipinski definition) is 2. The Labute approximate surface area is 208 Å². The summed E-state index contributed by atoms with van der Waals surface area (Å²) in [5.74, 6) is 2.42. The van der Waals surface area contributed by atoms with Crippen LogP contribution in [0.25, 0.3) is 22.7 Å². The topological polar surface area (TPSA) is 94.8 Å². The van der Waals surface area contributed by atoms with Crippen LogP contribution in [0.1, 0.15) is 70.3 Å². The first kappa shape index (κ1) is 24.8. The number of aryl methyl sites for hydroxylation is 2. The van der Waals surface area contributed by atoms with Crippen molar-refractivity contribution in [3.05, 3.63) is 54.3 Å². The maximum absolute atomic E-state index is 6.32. The molecule has 0 radical (unpaired) electrons. The van der Waals surface area contributed by atoms with E-state index in [1.807, 2.05) is 18.2 Å². The lowest BCUT2D eigenvalue weighted by Gasteiger charge is -2.09. The monoisotopic (exact) mass is 474 g/mol. The van der Waals surface area contributed by atoms with Crippen molar-refractivity contribution < 1.29 is 4.42 Å². The van der Waals surface area contributed by atoms with E-state index in [-0.39, 0.29) is 0 Å². The summed E-state index contributed by atoms with van der Waals surface area (Å²) in [7, 11) is 0. The molecule has 3 N–H and O–H groups in total. The smallest absolute Gasteiger partial charge is 0.226 e. The van der Waals surface area contributed by atoms with Crippen molar-refractivity contribution in [2.75, 3.05) is 17.6 Å². The van der Waals surface area contributed by atoms with E-state index in [0.717, 1.165) is 49.6 Å². The number of anilines is 2. The minimum absolute atomic E-state index is 0.392. The first-order valence-corrected chi connectivity index (χ1v) is 13.1. The van der Waals surface area contributed by atoms with Gasteiger partial charge in [0.2, 0.25) is 5.95 Å². The molecule has 0 aliphatic heterocycles. The van der Waals surface area contributed by atoms with E-state index < -0.39 is 0 Å². The van der Waals surface area contributed by atoms with Gasteiger partial charge < -0.3 is 20.0 Å². The molecule has 1 aromatic carbocycles. The van der Waals surface area contributed by atoms with Crippen molar-refractivity contribution in [3.8, 4) is 11.6 Å². The third-order valence-electron chi connectivity index (χ3n) is 6.37. The molecule has 0 saturated carbocycles. The van der Waals surface area contributed by atoms with Crippen LogP contribution in [-0.4, -0.2) is 26.1 Å². The van der Waals surface area contributed by atoms with Gasteiger partial charge in [-0.3, -0.25) is 0 Å². The Kier molecular flexibility index (Phi) is 9.15. The second-order valence-electron chi connectivity index (χ2n) is 9.16. The van der Waals surface area contributed by atoms with Crippen molar-refractivity contribution in [3.63, 3.8) is 0 Å². The van der Waals surface area contributed by atoms with Crippen LogP contribution in [0.4, 0.5) is 11.8 Å². The van der Waals surface area contributed by atoms with E-state index in [2.05, 4.69) is 46.1 Å². The van der Waals surface area contributed by atoms with Gasteiger partial charge in [0.1, 0.15) is 0 Å². The minimum Gasteiger partial charge on any atom is -0.461 e. The number of aromatic nitrogens is 4. The largest absolute Gasteiger partial charge is 0.461 e. The van der Waals surface area contributed by atoms with Crippen LogP contribution in [0.5, 0.6) is 0 Å². The van der Waals surface area contributed by atoms with Crippen LogP contribution in [0, 0.1) is 0 Å². The summed E-state index contributed by atoms with van der Waals surface area (Å²) in [6.45, 7) is 3.86. The van der Waals surface area contributed by atoms with Gasteiger partial charge in [-0.25, -0.2) is 4.98 Å². The SMILES string of the molecule is CCCCCCCCCCn1c(-c2ccco2)nc2c(N)nc(NCCCc3ccccc3)nc21. The van der Waals surface area contributed by atoms with Crippen molar-refractivity contribution in [2.24, 2.45) is 0 Å². The standard InChI is InChI=1S/C28H38N6O/c1-2-3-4-5-6-7-8-12-20-34-26(23-18-14-21-35-23)31-24-25(29)32-28(33-27(24)34)30-19-13-17-22-15-10-9-11-16-22/h9-11,14-16,18,21H,2-8,12-13,17,19-20H2,1H3,(H3,29,30,32,33). The number of imidazole rings is 1. The highest BCUT2D eigenvalue weighted by Gasteiger charge is 2.19. The van der Waals surface area contributed by atoms with Gasteiger partial charge in [0.15, 0.2) is 28.6 Å². The van der Waals surface area contributed by atoms with Gasteiger partial charge in [0.25, 0.3) is 0 Å². The van der Waals surface area contributed by atoms with Gasteiger partial charge >= 0.3 is 0 Å². The summed E-state index contributed by atoms with van der Waals surface area (Å²) in [5, 5.41) is 3.35. The molecule has 186 valence electrons. The zero-order chi connectivity index (χ0) is 24.3. The van der Waals surface area contributed by atoms with Crippen molar-refractivity contribution in [2.45, 2.75) is 77.7 Å². The van der Waals surface area contributed by atoms with E-state index >= 15 is 0 Å². The zero-order valence-corrected chi connectivity index (χ0v) is 20.9. The number of nitrogens with one attached hydrogen (secondary N) is 1. The molecule has 0 atom stereocenters. The lowest BCUT2D eigenvalue weighted by Crippen LogP contribution is -2.09. The van der Waals surface area contributed by atoms with Gasteiger partial charge in [-0.1, -0.05) is 82.2 Å². The lowest BCUT2D eigenvalue weighted by atomic mass is 10.1. The van der Waals surface area contributed by atoms with Crippen LogP contribution >= 0.6 is 0 Å². The molecule has 7 nitrogen and oxygen atoms in total. The Morgan fingerprint density at radius 2 is 1.63 bits per heavy atom. The molecule has 0 spiro atoms. The third-order valence-corrected chi connectivity index (χ3v) is 6.37. The molecule has 7 heteroatoms. The number of furan rings is 1. The number of fused-ring (bicyclic) bond motifs is 1. The molecule has 4 rings (SSSR count). The van der Waals surface area contributed by atoms with E-state index in [4.69, 9.17) is 20.1 Å². The number of nitrogens with two attached hydrogens (primary N) is 1. The summed E-state index contributed by atoms with van der Waals surface area (Å²) in [6.07, 6.45) is 13.8. The summed E-state index contributed by atoms with van der Waals surface area (Å²) in [5.41, 5.74) is 9.05. The van der Waals surface area contributed by atoms with Gasteiger partial charge in [-0.15, -0.1) is 0 Å². The summed E-state index contributed by atoms with van der Waals surface area (Å²) < 4.78 is 7.81. The van der Waals surface area contributed by atoms with E-state index in [9.17, 15) is 0 Å². The number of nitrogens with zero attached hydrogens (tertiary/aromatic N) is 4. The van der Waals surface area contributed by atoms with E-state index in [1.165, 1.54) is 50.5 Å². The summed E-state index contributed by atoms with van der Waals surface area (Å²) in [4.78, 5) is 14.1. The third kappa shape index (κ3) is 6.84. The summed E-state index contributed by atoms with van der Waals surface area (Å²) >= 11 is 0. The Bertz CT molecular complexity index is 1150. The minimum atomic E-state index is 0.392. The van der Waals surface area contributed by atoms with Crippen LogP contribution in [0.2, 0.25) is 0 Å². The van der Waals surface area contributed by atoms with Gasteiger partial charge in [-0.2, -0.15) is 9.97 Å². The highest BCUT2D eigenvalue weighted by atomic mass is 16.3. The molecule has 0 unspecified atom stereocenters. The molecule has 35 heavy (non-hydrogen) atoms. The molecule has 0 aliphatic carbocycles. The van der Waals surface area contributed by atoms with Gasteiger partial charge in [0, 0.05) is 13.1 Å². The lowest BCUT2D eigenvalue weighted by molar-refractivity contribution is 0.539. The molecule has 0 amide bonds. The Hall–Kier alpha value is -3.35.